The van der Waals surface area contributed by atoms with Crippen molar-refractivity contribution in [3.05, 3.63) is 23.8 Å². The molecule has 1 aromatic rings. The van der Waals surface area contributed by atoms with Crippen molar-refractivity contribution in [2.24, 2.45) is 5.41 Å². The zero-order valence-electron chi connectivity index (χ0n) is 14.3. The highest BCUT2D eigenvalue weighted by molar-refractivity contribution is 6.04. The summed E-state index contributed by atoms with van der Waals surface area (Å²) in [6.45, 7) is 5.46. The molecule has 0 aliphatic carbocycles. The Morgan fingerprint density at radius 3 is 2.58 bits per heavy atom. The monoisotopic (exact) mass is 332 g/mol. The van der Waals surface area contributed by atoms with E-state index in [2.05, 4.69) is 5.32 Å². The number of carbonyl (C=O) groups is 2. The van der Waals surface area contributed by atoms with Crippen molar-refractivity contribution in [2.45, 2.75) is 39.7 Å². The number of nitrogens with zero attached hydrogens (tertiary/aromatic N) is 1. The Morgan fingerprint density at radius 2 is 1.83 bits per heavy atom. The molecule has 1 fully saturated rings. The topological polar surface area (TPSA) is 67.9 Å². The number of carbonyl (C=O) groups excluding carboxylic acids is 2. The van der Waals surface area contributed by atoms with Crippen LogP contribution in [-0.2, 0) is 16.1 Å². The Hall–Kier alpha value is -2.24. The van der Waals surface area contributed by atoms with Crippen molar-refractivity contribution in [1.82, 2.24) is 10.2 Å². The third-order valence-electron chi connectivity index (χ3n) is 4.64. The Labute approximate surface area is 142 Å². The van der Waals surface area contributed by atoms with Gasteiger partial charge in [-0.25, -0.2) is 0 Å². The number of ether oxygens (including phenoxy) is 2. The number of hydrogen-bond acceptors (Lipinski definition) is 4. The zero-order chi connectivity index (χ0) is 17.2. The first-order chi connectivity index (χ1) is 11.5. The summed E-state index contributed by atoms with van der Waals surface area (Å²) < 4.78 is 10.6. The van der Waals surface area contributed by atoms with Crippen LogP contribution in [0.25, 0.3) is 0 Å². The molecule has 6 heteroatoms. The maximum atomic E-state index is 12.7. The van der Waals surface area contributed by atoms with Crippen LogP contribution < -0.4 is 14.8 Å². The van der Waals surface area contributed by atoms with Gasteiger partial charge in [0.15, 0.2) is 11.5 Å². The Bertz CT molecular complexity index is 636. The fourth-order valence-corrected chi connectivity index (χ4v) is 3.04. The summed E-state index contributed by atoms with van der Waals surface area (Å²) in [5.74, 6) is 1.05. The first kappa shape index (κ1) is 16.6. The van der Waals surface area contributed by atoms with Gasteiger partial charge in [-0.1, -0.05) is 6.07 Å². The van der Waals surface area contributed by atoms with Gasteiger partial charge >= 0.3 is 0 Å². The quantitative estimate of drug-likeness (QED) is 0.857. The number of amides is 2. The lowest BCUT2D eigenvalue weighted by molar-refractivity contribution is -0.149. The largest absolute Gasteiger partial charge is 0.454 e. The van der Waals surface area contributed by atoms with E-state index in [1.165, 1.54) is 0 Å². The molecule has 1 saturated heterocycles. The normalized spacial score (nSPS) is 16.8. The maximum Gasteiger partial charge on any atom is 0.237 e. The molecule has 2 aliphatic rings. The van der Waals surface area contributed by atoms with Crippen LogP contribution in [0.2, 0.25) is 0 Å². The smallest absolute Gasteiger partial charge is 0.237 e. The number of fused-ring (bicyclic) bond motifs is 1. The van der Waals surface area contributed by atoms with Crippen LogP contribution in [0.5, 0.6) is 11.5 Å². The average Bonchev–Trinajstić information content (AvgIpc) is 3.07. The van der Waals surface area contributed by atoms with Crippen LogP contribution in [0.3, 0.4) is 0 Å². The van der Waals surface area contributed by atoms with Crippen molar-refractivity contribution in [3.63, 3.8) is 0 Å². The minimum atomic E-state index is -1.06. The standard InChI is InChI=1S/C18H24N2O4/c1-18(2,17(22)20-8-4-3-5-9-20)16(21)19-11-13-6-7-14-15(10-13)24-12-23-14/h6-7,10H,3-5,8-9,11-12H2,1-2H3,(H,19,21). The second kappa shape index (κ2) is 6.71. The van der Waals surface area contributed by atoms with Crippen LogP contribution in [0.1, 0.15) is 38.7 Å². The van der Waals surface area contributed by atoms with Crippen LogP contribution in [-0.4, -0.2) is 36.6 Å². The van der Waals surface area contributed by atoms with E-state index in [9.17, 15) is 9.59 Å². The van der Waals surface area contributed by atoms with E-state index >= 15 is 0 Å². The molecular weight excluding hydrogens is 308 g/mol. The van der Waals surface area contributed by atoms with E-state index in [0.29, 0.717) is 18.0 Å². The molecule has 0 spiro atoms. The van der Waals surface area contributed by atoms with E-state index in [-0.39, 0.29) is 18.6 Å². The van der Waals surface area contributed by atoms with Crippen molar-refractivity contribution >= 4 is 11.8 Å². The van der Waals surface area contributed by atoms with Crippen molar-refractivity contribution < 1.29 is 19.1 Å². The van der Waals surface area contributed by atoms with Crippen LogP contribution in [0, 0.1) is 5.41 Å². The van der Waals surface area contributed by atoms with Gasteiger partial charge in [0, 0.05) is 19.6 Å². The van der Waals surface area contributed by atoms with Gasteiger partial charge in [-0.3, -0.25) is 9.59 Å². The van der Waals surface area contributed by atoms with Gasteiger partial charge in [-0.05, 0) is 50.8 Å². The van der Waals surface area contributed by atoms with Crippen LogP contribution >= 0.6 is 0 Å². The van der Waals surface area contributed by atoms with Crippen molar-refractivity contribution in [2.75, 3.05) is 19.9 Å². The summed E-state index contributed by atoms with van der Waals surface area (Å²) in [5.41, 5.74) is -0.151. The summed E-state index contributed by atoms with van der Waals surface area (Å²) in [4.78, 5) is 27.0. The van der Waals surface area contributed by atoms with Gasteiger partial charge in [-0.2, -0.15) is 0 Å². The lowest BCUT2D eigenvalue weighted by atomic mass is 9.89. The SMILES string of the molecule is CC(C)(C(=O)NCc1ccc2c(c1)OCO2)C(=O)N1CCCCC1. The highest BCUT2D eigenvalue weighted by Gasteiger charge is 2.39. The predicted molar refractivity (Wildman–Crippen MR) is 88.6 cm³/mol. The summed E-state index contributed by atoms with van der Waals surface area (Å²) in [6, 6.07) is 5.56. The Kier molecular flexibility index (Phi) is 4.64. The summed E-state index contributed by atoms with van der Waals surface area (Å²) in [5, 5.41) is 2.87. The first-order valence-corrected chi connectivity index (χ1v) is 8.45. The molecule has 0 saturated carbocycles. The molecule has 2 heterocycles. The number of rotatable bonds is 4. The molecule has 0 radical (unpaired) electrons. The molecule has 2 aliphatic heterocycles. The van der Waals surface area contributed by atoms with Crippen LogP contribution in [0.4, 0.5) is 0 Å². The molecule has 1 N–H and O–H groups in total. The zero-order valence-corrected chi connectivity index (χ0v) is 14.3. The van der Waals surface area contributed by atoms with E-state index in [1.807, 2.05) is 23.1 Å². The van der Waals surface area contributed by atoms with E-state index < -0.39 is 5.41 Å². The first-order valence-electron chi connectivity index (χ1n) is 8.45. The number of likely N-dealkylation sites (tertiary alicyclic amines) is 1. The van der Waals surface area contributed by atoms with Gasteiger partial charge in [0.05, 0.1) is 0 Å². The van der Waals surface area contributed by atoms with Gasteiger partial charge < -0.3 is 19.7 Å². The second-order valence-corrected chi connectivity index (χ2v) is 6.85. The summed E-state index contributed by atoms with van der Waals surface area (Å²) in [6.07, 6.45) is 3.18. The number of piperidine rings is 1. The molecule has 0 atom stereocenters. The average molecular weight is 332 g/mol. The Morgan fingerprint density at radius 1 is 1.12 bits per heavy atom. The molecule has 6 nitrogen and oxygen atoms in total. The molecule has 0 aromatic heterocycles. The van der Waals surface area contributed by atoms with Crippen LogP contribution in [0.15, 0.2) is 18.2 Å². The third-order valence-corrected chi connectivity index (χ3v) is 4.64. The highest BCUT2D eigenvalue weighted by atomic mass is 16.7. The minimum Gasteiger partial charge on any atom is -0.454 e. The number of benzene rings is 1. The molecular formula is C18H24N2O4. The van der Waals surface area contributed by atoms with Crippen molar-refractivity contribution in [1.29, 1.82) is 0 Å². The fourth-order valence-electron chi connectivity index (χ4n) is 3.04. The van der Waals surface area contributed by atoms with Gasteiger partial charge in [-0.15, -0.1) is 0 Å². The molecule has 24 heavy (non-hydrogen) atoms. The molecule has 0 bridgehead atoms. The minimum absolute atomic E-state index is 0.0922. The van der Waals surface area contributed by atoms with Gasteiger partial charge in [0.2, 0.25) is 18.6 Å². The van der Waals surface area contributed by atoms with Crippen molar-refractivity contribution in [3.8, 4) is 11.5 Å². The molecule has 0 unspecified atom stereocenters. The lowest BCUT2D eigenvalue weighted by Gasteiger charge is -2.33. The molecule has 2 amide bonds. The summed E-state index contributed by atoms with van der Waals surface area (Å²) in [7, 11) is 0. The van der Waals surface area contributed by atoms with Gasteiger partial charge in [0.1, 0.15) is 5.41 Å². The number of nitrogens with one attached hydrogen (secondary N) is 1. The Balaban J connectivity index is 1.59. The predicted octanol–water partition coefficient (Wildman–Crippen LogP) is 2.07. The third kappa shape index (κ3) is 3.32. The number of hydrogen-bond donors (Lipinski definition) is 1. The molecule has 130 valence electrons. The summed E-state index contributed by atoms with van der Waals surface area (Å²) >= 11 is 0. The molecule has 3 rings (SSSR count). The fraction of sp³-hybridized carbons (Fsp3) is 0.556. The second-order valence-electron chi connectivity index (χ2n) is 6.85. The maximum absolute atomic E-state index is 12.7. The molecule has 1 aromatic carbocycles. The highest BCUT2D eigenvalue weighted by Crippen LogP contribution is 2.32. The lowest BCUT2D eigenvalue weighted by Crippen LogP contribution is -2.50. The van der Waals surface area contributed by atoms with E-state index in [1.54, 1.807) is 13.8 Å². The van der Waals surface area contributed by atoms with Gasteiger partial charge in [0.25, 0.3) is 0 Å². The van der Waals surface area contributed by atoms with E-state index in [4.69, 9.17) is 9.47 Å². The van der Waals surface area contributed by atoms with E-state index in [0.717, 1.165) is 37.9 Å².